The SMILES string of the molecule is CC1(O)CCN(Cc2nccs2)CC1. The topological polar surface area (TPSA) is 36.4 Å². The van der Waals surface area contributed by atoms with E-state index in [9.17, 15) is 5.11 Å². The third-order valence-electron chi connectivity index (χ3n) is 2.78. The van der Waals surface area contributed by atoms with Gasteiger partial charge < -0.3 is 5.11 Å². The molecule has 4 heteroatoms. The molecule has 0 radical (unpaired) electrons. The van der Waals surface area contributed by atoms with Crippen LogP contribution in [0.4, 0.5) is 0 Å². The van der Waals surface area contributed by atoms with Crippen LogP contribution in [0.3, 0.4) is 0 Å². The van der Waals surface area contributed by atoms with E-state index in [2.05, 4.69) is 9.88 Å². The Labute approximate surface area is 88.4 Å². The normalized spacial score (nSPS) is 22.4. The van der Waals surface area contributed by atoms with E-state index in [1.54, 1.807) is 11.3 Å². The lowest BCUT2D eigenvalue weighted by Crippen LogP contribution is -2.41. The maximum absolute atomic E-state index is 9.78. The average molecular weight is 212 g/mol. The predicted molar refractivity (Wildman–Crippen MR) is 57.2 cm³/mol. The number of thiazole rings is 1. The summed E-state index contributed by atoms with van der Waals surface area (Å²) in [6, 6.07) is 0. The smallest absolute Gasteiger partial charge is 0.107 e. The summed E-state index contributed by atoms with van der Waals surface area (Å²) in [5.41, 5.74) is -0.445. The molecule has 0 unspecified atom stereocenters. The Balaban J connectivity index is 1.85. The summed E-state index contributed by atoms with van der Waals surface area (Å²) in [5.74, 6) is 0. The van der Waals surface area contributed by atoms with Crippen LogP contribution in [0.25, 0.3) is 0 Å². The Hall–Kier alpha value is -0.450. The van der Waals surface area contributed by atoms with Gasteiger partial charge in [-0.3, -0.25) is 4.90 Å². The van der Waals surface area contributed by atoms with Gasteiger partial charge in [0.15, 0.2) is 0 Å². The Morgan fingerprint density at radius 1 is 1.57 bits per heavy atom. The standard InChI is InChI=1S/C10H16N2OS/c1-10(13)2-5-12(6-3-10)8-9-11-4-7-14-9/h4,7,13H,2-3,5-6,8H2,1H3. The van der Waals surface area contributed by atoms with Gasteiger partial charge in [0.25, 0.3) is 0 Å². The largest absolute Gasteiger partial charge is 0.390 e. The minimum absolute atomic E-state index is 0.445. The molecule has 1 aliphatic heterocycles. The zero-order valence-electron chi connectivity index (χ0n) is 8.44. The molecule has 0 saturated carbocycles. The number of aliphatic hydroxyl groups is 1. The molecule has 14 heavy (non-hydrogen) atoms. The fourth-order valence-electron chi connectivity index (χ4n) is 1.72. The molecule has 0 amide bonds. The quantitative estimate of drug-likeness (QED) is 0.807. The van der Waals surface area contributed by atoms with E-state index in [4.69, 9.17) is 0 Å². The van der Waals surface area contributed by atoms with Crippen LogP contribution < -0.4 is 0 Å². The first kappa shape index (κ1) is 10.1. The van der Waals surface area contributed by atoms with Crippen LogP contribution in [0.15, 0.2) is 11.6 Å². The van der Waals surface area contributed by atoms with E-state index in [1.807, 2.05) is 18.5 Å². The van der Waals surface area contributed by atoms with Crippen molar-refractivity contribution in [3.05, 3.63) is 16.6 Å². The summed E-state index contributed by atoms with van der Waals surface area (Å²) in [7, 11) is 0. The van der Waals surface area contributed by atoms with Crippen LogP contribution in [-0.2, 0) is 6.54 Å². The van der Waals surface area contributed by atoms with Crippen molar-refractivity contribution in [2.24, 2.45) is 0 Å². The summed E-state index contributed by atoms with van der Waals surface area (Å²) in [4.78, 5) is 6.62. The van der Waals surface area contributed by atoms with E-state index < -0.39 is 5.60 Å². The third kappa shape index (κ3) is 2.53. The number of aromatic nitrogens is 1. The lowest BCUT2D eigenvalue weighted by atomic mass is 9.94. The first-order valence-corrected chi connectivity index (χ1v) is 5.87. The minimum Gasteiger partial charge on any atom is -0.390 e. The molecule has 0 aliphatic carbocycles. The molecular weight excluding hydrogens is 196 g/mol. The Bertz CT molecular complexity index is 274. The third-order valence-corrected chi connectivity index (χ3v) is 3.54. The average Bonchev–Trinajstić information content (AvgIpc) is 2.61. The molecule has 2 rings (SSSR count). The Kier molecular flexibility index (Phi) is 2.85. The summed E-state index contributed by atoms with van der Waals surface area (Å²) < 4.78 is 0. The molecule has 1 aromatic heterocycles. The van der Waals surface area contributed by atoms with Gasteiger partial charge in [-0.05, 0) is 19.8 Å². The van der Waals surface area contributed by atoms with Gasteiger partial charge in [0.1, 0.15) is 5.01 Å². The lowest BCUT2D eigenvalue weighted by molar-refractivity contribution is -0.00731. The number of likely N-dealkylation sites (tertiary alicyclic amines) is 1. The molecule has 1 fully saturated rings. The first-order valence-electron chi connectivity index (χ1n) is 4.99. The highest BCUT2D eigenvalue weighted by Gasteiger charge is 2.27. The van der Waals surface area contributed by atoms with E-state index in [-0.39, 0.29) is 0 Å². The van der Waals surface area contributed by atoms with Gasteiger partial charge in [-0.2, -0.15) is 0 Å². The van der Waals surface area contributed by atoms with E-state index >= 15 is 0 Å². The maximum atomic E-state index is 9.78. The van der Waals surface area contributed by atoms with Crippen LogP contribution in [0.5, 0.6) is 0 Å². The van der Waals surface area contributed by atoms with Crippen LogP contribution >= 0.6 is 11.3 Å². The highest BCUT2D eigenvalue weighted by atomic mass is 32.1. The van der Waals surface area contributed by atoms with Crippen molar-refractivity contribution in [1.29, 1.82) is 0 Å². The summed E-state index contributed by atoms with van der Waals surface area (Å²) in [6.45, 7) is 4.82. The van der Waals surface area contributed by atoms with Crippen LogP contribution in [0.1, 0.15) is 24.8 Å². The molecule has 1 aromatic rings. The number of nitrogens with zero attached hydrogens (tertiary/aromatic N) is 2. The zero-order valence-corrected chi connectivity index (χ0v) is 9.26. The summed E-state index contributed by atoms with van der Waals surface area (Å²) >= 11 is 1.70. The molecule has 0 spiro atoms. The molecule has 1 aliphatic rings. The van der Waals surface area contributed by atoms with Crippen molar-refractivity contribution in [2.75, 3.05) is 13.1 Å². The number of hydrogen-bond donors (Lipinski definition) is 1. The van der Waals surface area contributed by atoms with Crippen molar-refractivity contribution in [3.63, 3.8) is 0 Å². The van der Waals surface area contributed by atoms with Crippen molar-refractivity contribution in [1.82, 2.24) is 9.88 Å². The van der Waals surface area contributed by atoms with Gasteiger partial charge >= 0.3 is 0 Å². The van der Waals surface area contributed by atoms with Crippen LogP contribution in [0.2, 0.25) is 0 Å². The first-order chi connectivity index (χ1) is 6.66. The van der Waals surface area contributed by atoms with E-state index in [1.165, 1.54) is 5.01 Å². The second kappa shape index (κ2) is 3.96. The Morgan fingerprint density at radius 2 is 2.29 bits per heavy atom. The van der Waals surface area contributed by atoms with Gasteiger partial charge in [-0.1, -0.05) is 0 Å². The molecule has 0 atom stereocenters. The summed E-state index contributed by atoms with van der Waals surface area (Å²) in [5, 5.41) is 13.0. The van der Waals surface area contributed by atoms with Gasteiger partial charge in [0.05, 0.1) is 12.1 Å². The highest BCUT2D eigenvalue weighted by molar-refractivity contribution is 7.09. The second-order valence-corrected chi connectivity index (χ2v) is 5.18. The lowest BCUT2D eigenvalue weighted by Gasteiger charge is -2.35. The number of rotatable bonds is 2. The summed E-state index contributed by atoms with van der Waals surface area (Å²) in [6.07, 6.45) is 3.59. The monoisotopic (exact) mass is 212 g/mol. The van der Waals surface area contributed by atoms with Crippen molar-refractivity contribution >= 4 is 11.3 Å². The number of hydrogen-bond acceptors (Lipinski definition) is 4. The predicted octanol–water partition coefficient (Wildman–Crippen LogP) is 1.49. The van der Waals surface area contributed by atoms with Crippen LogP contribution in [-0.4, -0.2) is 33.7 Å². The molecule has 2 heterocycles. The van der Waals surface area contributed by atoms with Crippen molar-refractivity contribution in [2.45, 2.75) is 31.9 Å². The van der Waals surface area contributed by atoms with Crippen molar-refractivity contribution in [3.8, 4) is 0 Å². The van der Waals surface area contributed by atoms with Gasteiger partial charge in [0, 0.05) is 24.7 Å². The van der Waals surface area contributed by atoms with Crippen LogP contribution in [0, 0.1) is 0 Å². The molecule has 0 bridgehead atoms. The fraction of sp³-hybridized carbons (Fsp3) is 0.700. The van der Waals surface area contributed by atoms with Gasteiger partial charge in [0.2, 0.25) is 0 Å². The van der Waals surface area contributed by atoms with Gasteiger partial charge in [-0.25, -0.2) is 4.98 Å². The molecule has 78 valence electrons. The van der Waals surface area contributed by atoms with E-state index in [0.29, 0.717) is 0 Å². The maximum Gasteiger partial charge on any atom is 0.107 e. The Morgan fingerprint density at radius 3 is 2.86 bits per heavy atom. The zero-order chi connectivity index (χ0) is 10.0. The van der Waals surface area contributed by atoms with E-state index in [0.717, 1.165) is 32.5 Å². The molecule has 1 N–H and O–H groups in total. The molecule has 0 aromatic carbocycles. The van der Waals surface area contributed by atoms with Crippen molar-refractivity contribution < 1.29 is 5.11 Å². The molecular formula is C10H16N2OS. The number of piperidine rings is 1. The highest BCUT2D eigenvalue weighted by Crippen LogP contribution is 2.22. The molecule has 1 saturated heterocycles. The fourth-order valence-corrected chi connectivity index (χ4v) is 2.37. The molecule has 3 nitrogen and oxygen atoms in total. The van der Waals surface area contributed by atoms with Gasteiger partial charge in [-0.15, -0.1) is 11.3 Å². The minimum atomic E-state index is -0.445. The second-order valence-electron chi connectivity index (χ2n) is 4.20.